The van der Waals surface area contributed by atoms with Crippen LogP contribution in [0.25, 0.3) is 0 Å². The van der Waals surface area contributed by atoms with Gasteiger partial charge in [0.1, 0.15) is 11.5 Å². The van der Waals surface area contributed by atoms with Gasteiger partial charge in [-0.1, -0.05) is 0 Å². The Morgan fingerprint density at radius 2 is 1.90 bits per heavy atom. The van der Waals surface area contributed by atoms with E-state index in [4.69, 9.17) is 4.42 Å². The number of nitrogens with zero attached hydrogens (tertiary/aromatic N) is 4. The normalized spacial score (nSPS) is 16.8. The van der Waals surface area contributed by atoms with Crippen LogP contribution in [0.1, 0.15) is 28.6 Å². The Balaban J connectivity index is 1.82. The predicted octanol–water partition coefficient (Wildman–Crippen LogP) is 2.24. The largest absolute Gasteiger partial charge is 0.507 e. The second-order valence-corrected chi connectivity index (χ2v) is 7.58. The fourth-order valence-electron chi connectivity index (χ4n) is 3.97. The van der Waals surface area contributed by atoms with Crippen molar-refractivity contribution in [1.82, 2.24) is 19.4 Å². The number of pyridine rings is 2. The molecule has 4 heterocycles. The molecule has 1 unspecified atom stereocenters. The van der Waals surface area contributed by atoms with Crippen molar-refractivity contribution >= 4 is 0 Å². The Kier molecular flexibility index (Phi) is 5.51. The summed E-state index contributed by atoms with van der Waals surface area (Å²) in [5.41, 5.74) is 1.85. The number of piperazine rings is 1. The maximum Gasteiger partial charge on any atom is 0.260 e. The molecule has 3 aromatic heterocycles. The quantitative estimate of drug-likeness (QED) is 0.715. The van der Waals surface area contributed by atoms with Crippen LogP contribution in [-0.4, -0.2) is 57.7 Å². The molecule has 1 atom stereocenters. The highest BCUT2D eigenvalue weighted by Crippen LogP contribution is 2.33. The molecule has 4 rings (SSSR count). The van der Waals surface area contributed by atoms with Crippen molar-refractivity contribution in [2.45, 2.75) is 19.5 Å². The summed E-state index contributed by atoms with van der Waals surface area (Å²) in [4.78, 5) is 22.2. The van der Waals surface area contributed by atoms with Crippen LogP contribution >= 0.6 is 0 Å². The molecule has 0 aromatic carbocycles. The lowest BCUT2D eigenvalue weighted by Crippen LogP contribution is -2.47. The van der Waals surface area contributed by atoms with Gasteiger partial charge in [-0.25, -0.2) is 0 Å². The zero-order chi connectivity index (χ0) is 20.4. The van der Waals surface area contributed by atoms with Crippen LogP contribution in [0.4, 0.5) is 0 Å². The van der Waals surface area contributed by atoms with Gasteiger partial charge >= 0.3 is 0 Å². The summed E-state index contributed by atoms with van der Waals surface area (Å²) >= 11 is 0. The van der Waals surface area contributed by atoms with E-state index >= 15 is 0 Å². The molecular weight excluding hydrogens is 368 g/mol. The van der Waals surface area contributed by atoms with Crippen LogP contribution < -0.4 is 5.56 Å². The summed E-state index contributed by atoms with van der Waals surface area (Å²) in [5.74, 6) is 0.732. The highest BCUT2D eigenvalue weighted by Gasteiger charge is 2.30. The average Bonchev–Trinajstić information content (AvgIpc) is 3.23. The highest BCUT2D eigenvalue weighted by atomic mass is 16.3. The first-order valence-electron chi connectivity index (χ1n) is 9.83. The second kappa shape index (κ2) is 8.23. The van der Waals surface area contributed by atoms with E-state index in [-0.39, 0.29) is 17.4 Å². The van der Waals surface area contributed by atoms with Gasteiger partial charge in [-0.05, 0) is 49.9 Å². The number of furan rings is 1. The minimum atomic E-state index is -0.331. The third kappa shape index (κ3) is 3.97. The lowest BCUT2D eigenvalue weighted by atomic mass is 9.97. The van der Waals surface area contributed by atoms with E-state index in [1.165, 1.54) is 0 Å². The van der Waals surface area contributed by atoms with Gasteiger partial charge in [0, 0.05) is 44.3 Å². The van der Waals surface area contributed by atoms with Gasteiger partial charge in [0.05, 0.1) is 24.4 Å². The maximum absolute atomic E-state index is 13.6. The first kappa shape index (κ1) is 19.4. The minimum absolute atomic E-state index is 0.0314. The monoisotopic (exact) mass is 394 g/mol. The highest BCUT2D eigenvalue weighted by molar-refractivity contribution is 5.40. The van der Waals surface area contributed by atoms with E-state index in [0.29, 0.717) is 23.6 Å². The number of aromatic hydroxyl groups is 1. The Morgan fingerprint density at radius 3 is 2.55 bits per heavy atom. The zero-order valence-corrected chi connectivity index (χ0v) is 16.8. The van der Waals surface area contributed by atoms with E-state index in [9.17, 15) is 9.90 Å². The van der Waals surface area contributed by atoms with E-state index in [1.807, 2.05) is 25.1 Å². The van der Waals surface area contributed by atoms with Gasteiger partial charge in [0.15, 0.2) is 0 Å². The lowest BCUT2D eigenvalue weighted by Gasteiger charge is -2.38. The summed E-state index contributed by atoms with van der Waals surface area (Å²) in [5, 5.41) is 10.8. The second-order valence-electron chi connectivity index (χ2n) is 7.58. The molecule has 1 saturated heterocycles. The Labute approximate surface area is 169 Å². The third-order valence-electron chi connectivity index (χ3n) is 5.62. The van der Waals surface area contributed by atoms with Crippen molar-refractivity contribution in [3.8, 4) is 5.75 Å². The van der Waals surface area contributed by atoms with Gasteiger partial charge < -0.3 is 19.0 Å². The van der Waals surface area contributed by atoms with Crippen molar-refractivity contribution in [2.24, 2.45) is 0 Å². The molecule has 0 spiro atoms. The number of hydrogen-bond donors (Lipinski definition) is 1. The number of aryl methyl sites for hydroxylation is 1. The van der Waals surface area contributed by atoms with Crippen molar-refractivity contribution < 1.29 is 9.52 Å². The van der Waals surface area contributed by atoms with E-state index in [2.05, 4.69) is 21.8 Å². The summed E-state index contributed by atoms with van der Waals surface area (Å²) in [6.45, 7) is 5.61. The maximum atomic E-state index is 13.6. The van der Waals surface area contributed by atoms with Crippen molar-refractivity contribution in [3.63, 3.8) is 0 Å². The van der Waals surface area contributed by atoms with Crippen molar-refractivity contribution in [3.05, 3.63) is 81.9 Å². The number of likely N-dealkylation sites (N-methyl/N-ethyl adjacent to an activating group) is 1. The summed E-state index contributed by atoms with van der Waals surface area (Å²) in [7, 11) is 2.10. The van der Waals surface area contributed by atoms with Gasteiger partial charge in [-0.15, -0.1) is 0 Å². The van der Waals surface area contributed by atoms with Crippen LogP contribution in [0.15, 0.2) is 58.2 Å². The van der Waals surface area contributed by atoms with Crippen LogP contribution in [-0.2, 0) is 6.54 Å². The third-order valence-corrected chi connectivity index (χ3v) is 5.62. The van der Waals surface area contributed by atoms with Gasteiger partial charge in [0.25, 0.3) is 5.56 Å². The molecule has 0 bridgehead atoms. The van der Waals surface area contributed by atoms with Crippen molar-refractivity contribution in [1.29, 1.82) is 0 Å². The SMILES string of the molecule is Cc1cc(O)c(C(c2ccncc2)N2CCN(C)CC2)c(=O)n1Cc1ccco1. The van der Waals surface area contributed by atoms with Gasteiger partial charge in [0.2, 0.25) is 0 Å². The molecule has 1 aliphatic rings. The molecule has 1 N–H and O–H groups in total. The topological polar surface area (TPSA) is 74.7 Å². The molecule has 3 aromatic rings. The summed E-state index contributed by atoms with van der Waals surface area (Å²) in [6, 6.07) is 8.82. The zero-order valence-electron chi connectivity index (χ0n) is 16.8. The number of hydrogen-bond acceptors (Lipinski definition) is 6. The average molecular weight is 394 g/mol. The Bertz CT molecular complexity index is 1010. The molecule has 7 heteroatoms. The molecule has 0 radical (unpaired) electrons. The summed E-state index contributed by atoms with van der Waals surface area (Å²) in [6.07, 6.45) is 5.05. The molecule has 0 amide bonds. The summed E-state index contributed by atoms with van der Waals surface area (Å²) < 4.78 is 7.11. The molecule has 152 valence electrons. The fraction of sp³-hybridized carbons (Fsp3) is 0.364. The van der Waals surface area contributed by atoms with E-state index in [1.54, 1.807) is 35.4 Å². The molecule has 7 nitrogen and oxygen atoms in total. The van der Waals surface area contributed by atoms with Crippen LogP contribution in [0.3, 0.4) is 0 Å². The molecule has 29 heavy (non-hydrogen) atoms. The number of aromatic nitrogens is 2. The fourth-order valence-corrected chi connectivity index (χ4v) is 3.97. The van der Waals surface area contributed by atoms with E-state index < -0.39 is 0 Å². The Hall–Kier alpha value is -2.90. The molecular formula is C22H26N4O3. The lowest BCUT2D eigenvalue weighted by molar-refractivity contribution is 0.125. The smallest absolute Gasteiger partial charge is 0.260 e. The first-order chi connectivity index (χ1) is 14.0. The molecule has 0 aliphatic carbocycles. The molecule has 1 aliphatic heterocycles. The van der Waals surface area contributed by atoms with Crippen LogP contribution in [0.2, 0.25) is 0 Å². The van der Waals surface area contributed by atoms with Gasteiger partial charge in [-0.2, -0.15) is 0 Å². The first-order valence-corrected chi connectivity index (χ1v) is 9.83. The minimum Gasteiger partial charge on any atom is -0.507 e. The Morgan fingerprint density at radius 1 is 1.17 bits per heavy atom. The predicted molar refractivity (Wildman–Crippen MR) is 110 cm³/mol. The standard InChI is InChI=1S/C22H26N4O3/c1-16-14-19(27)20(22(28)26(16)15-18-4-3-13-29-18)21(17-5-7-23-8-6-17)25-11-9-24(2)10-12-25/h3-8,13-14,21,27H,9-12,15H2,1-2H3. The van der Waals surface area contributed by atoms with Crippen molar-refractivity contribution in [2.75, 3.05) is 33.2 Å². The van der Waals surface area contributed by atoms with Gasteiger partial charge in [-0.3, -0.25) is 14.7 Å². The molecule has 1 fully saturated rings. The van der Waals surface area contributed by atoms with Crippen LogP contribution in [0, 0.1) is 6.92 Å². The van der Waals surface area contributed by atoms with Crippen LogP contribution in [0.5, 0.6) is 5.75 Å². The van der Waals surface area contributed by atoms with E-state index in [0.717, 1.165) is 31.7 Å². The molecule has 0 saturated carbocycles. The number of rotatable bonds is 5.